The second-order valence-corrected chi connectivity index (χ2v) is 7.39. The minimum Gasteiger partial charge on any atom is -0.325 e. The van der Waals surface area contributed by atoms with Crippen molar-refractivity contribution < 1.29 is 4.79 Å². The number of hydrogen-bond acceptors (Lipinski definition) is 5. The summed E-state index contributed by atoms with van der Waals surface area (Å²) >= 11 is 3.08. The molecule has 2 aromatic heterocycles. The number of hydrogen-bond donors (Lipinski definition) is 2. The normalized spacial score (nSPS) is 12.0. The smallest absolute Gasteiger partial charge is 0.237 e. The van der Waals surface area contributed by atoms with E-state index in [1.165, 1.54) is 16.6 Å². The topological polar surface area (TPSA) is 70.7 Å². The van der Waals surface area contributed by atoms with Gasteiger partial charge in [0.15, 0.2) is 0 Å². The van der Waals surface area contributed by atoms with Crippen LogP contribution < -0.4 is 5.32 Å². The van der Waals surface area contributed by atoms with E-state index in [4.69, 9.17) is 0 Å². The summed E-state index contributed by atoms with van der Waals surface area (Å²) in [6.07, 6.45) is 1.44. The van der Waals surface area contributed by atoms with Gasteiger partial charge in [-0.2, -0.15) is 0 Å². The number of H-pyrrole nitrogens is 1. The Morgan fingerprint density at radius 1 is 1.29 bits per heavy atom. The Morgan fingerprint density at radius 2 is 2.12 bits per heavy atom. The van der Waals surface area contributed by atoms with E-state index >= 15 is 0 Å². The number of anilines is 1. The predicted octanol–water partition coefficient (Wildman–Crippen LogP) is 3.97. The molecule has 1 atom stereocenters. The van der Waals surface area contributed by atoms with Gasteiger partial charge in [-0.05, 0) is 30.0 Å². The number of aromatic amines is 1. The van der Waals surface area contributed by atoms with Crippen LogP contribution in [0.2, 0.25) is 0 Å². The van der Waals surface area contributed by atoms with Gasteiger partial charge < -0.3 is 5.32 Å². The molecule has 1 amide bonds. The molecule has 0 radical (unpaired) electrons. The lowest BCUT2D eigenvalue weighted by atomic mass is 10.3. The molecule has 0 saturated carbocycles. The number of carbonyl (C=O) groups is 1. The third-order valence-corrected chi connectivity index (χ3v) is 5.49. The molecule has 2 heterocycles. The van der Waals surface area contributed by atoms with Gasteiger partial charge in [0.2, 0.25) is 11.1 Å². The summed E-state index contributed by atoms with van der Waals surface area (Å²) < 4.78 is 0. The van der Waals surface area contributed by atoms with Gasteiger partial charge in [0, 0.05) is 17.0 Å². The number of amides is 1. The highest BCUT2D eigenvalue weighted by Crippen LogP contribution is 2.24. The molecule has 2 N–H and O–H groups in total. The van der Waals surface area contributed by atoms with Crippen molar-refractivity contribution in [3.63, 3.8) is 0 Å². The van der Waals surface area contributed by atoms with Crippen molar-refractivity contribution in [3.05, 3.63) is 58.5 Å². The first-order valence-corrected chi connectivity index (χ1v) is 9.46. The minimum atomic E-state index is -0.226. The first-order chi connectivity index (χ1) is 11.7. The first-order valence-electron chi connectivity index (χ1n) is 7.71. The number of thioether (sulfide) groups is 1. The highest BCUT2D eigenvalue weighted by Gasteiger charge is 2.20. The standard InChI is InChI=1S/C17H18N4OS2/c1-2-14(16(22)18-12-7-4-3-5-8-12)24-17-19-15(20-21-17)11-13-9-6-10-23-13/h3-10,14H,2,11H2,1H3,(H,18,22)(H,19,20,21). The van der Waals surface area contributed by atoms with Gasteiger partial charge in [0.25, 0.3) is 0 Å². The van der Waals surface area contributed by atoms with Gasteiger partial charge in [-0.15, -0.1) is 16.4 Å². The minimum absolute atomic E-state index is 0.0293. The third kappa shape index (κ3) is 4.46. The molecular formula is C17H18N4OS2. The molecule has 5 nitrogen and oxygen atoms in total. The van der Waals surface area contributed by atoms with Crippen molar-refractivity contribution in [2.24, 2.45) is 0 Å². The fraction of sp³-hybridized carbons (Fsp3) is 0.235. The Hall–Kier alpha value is -2.12. The number of carbonyl (C=O) groups excluding carboxylic acids is 1. The fourth-order valence-electron chi connectivity index (χ4n) is 2.18. The van der Waals surface area contributed by atoms with E-state index in [-0.39, 0.29) is 11.2 Å². The average molecular weight is 358 g/mol. The highest BCUT2D eigenvalue weighted by molar-refractivity contribution is 8.00. The molecule has 0 bridgehead atoms. The van der Waals surface area contributed by atoms with Crippen molar-refractivity contribution in [2.75, 3.05) is 5.32 Å². The summed E-state index contributed by atoms with van der Waals surface area (Å²) in [5.74, 6) is 0.788. The number of aromatic nitrogens is 3. The van der Waals surface area contributed by atoms with Gasteiger partial charge >= 0.3 is 0 Å². The molecule has 0 aliphatic heterocycles. The number of nitrogens with one attached hydrogen (secondary N) is 2. The van der Waals surface area contributed by atoms with Crippen LogP contribution in [0.25, 0.3) is 0 Å². The zero-order valence-corrected chi connectivity index (χ0v) is 14.9. The second-order valence-electron chi connectivity index (χ2n) is 5.19. The van der Waals surface area contributed by atoms with E-state index in [0.717, 1.165) is 17.9 Å². The average Bonchev–Trinajstić information content (AvgIpc) is 3.26. The van der Waals surface area contributed by atoms with Crippen LogP contribution in [0.4, 0.5) is 5.69 Å². The van der Waals surface area contributed by atoms with E-state index < -0.39 is 0 Å². The molecule has 0 saturated heterocycles. The quantitative estimate of drug-likeness (QED) is 0.627. The Kier molecular flexibility index (Phi) is 5.66. The highest BCUT2D eigenvalue weighted by atomic mass is 32.2. The van der Waals surface area contributed by atoms with Gasteiger partial charge in [-0.25, -0.2) is 4.98 Å². The molecular weight excluding hydrogens is 340 g/mol. The number of rotatable bonds is 7. The monoisotopic (exact) mass is 358 g/mol. The van der Waals surface area contributed by atoms with Crippen LogP contribution in [0.3, 0.4) is 0 Å². The zero-order chi connectivity index (χ0) is 16.8. The van der Waals surface area contributed by atoms with Crippen molar-refractivity contribution in [1.82, 2.24) is 15.2 Å². The van der Waals surface area contributed by atoms with Crippen LogP contribution in [-0.4, -0.2) is 26.3 Å². The van der Waals surface area contributed by atoms with Crippen LogP contribution in [0.15, 0.2) is 53.0 Å². The molecule has 3 rings (SSSR count). The third-order valence-electron chi connectivity index (χ3n) is 3.39. The van der Waals surface area contributed by atoms with E-state index in [9.17, 15) is 4.79 Å². The van der Waals surface area contributed by atoms with Crippen LogP contribution in [0.5, 0.6) is 0 Å². The van der Waals surface area contributed by atoms with Gasteiger partial charge in [0.1, 0.15) is 5.82 Å². The summed E-state index contributed by atoms with van der Waals surface area (Å²) in [6.45, 7) is 1.99. The lowest BCUT2D eigenvalue weighted by molar-refractivity contribution is -0.115. The molecule has 7 heteroatoms. The second kappa shape index (κ2) is 8.12. The molecule has 0 fully saturated rings. The molecule has 0 aliphatic rings. The van der Waals surface area contributed by atoms with E-state index in [0.29, 0.717) is 11.6 Å². The van der Waals surface area contributed by atoms with Crippen LogP contribution in [-0.2, 0) is 11.2 Å². The van der Waals surface area contributed by atoms with E-state index in [1.807, 2.05) is 48.7 Å². The number of thiophene rings is 1. The Labute approximate surface area is 148 Å². The van der Waals surface area contributed by atoms with Crippen LogP contribution >= 0.6 is 23.1 Å². The maximum Gasteiger partial charge on any atom is 0.237 e. The van der Waals surface area contributed by atoms with E-state index in [2.05, 4.69) is 26.6 Å². The largest absolute Gasteiger partial charge is 0.325 e. The molecule has 1 aromatic carbocycles. The molecule has 124 valence electrons. The van der Waals surface area contributed by atoms with Crippen LogP contribution in [0.1, 0.15) is 24.0 Å². The molecule has 3 aromatic rings. The van der Waals surface area contributed by atoms with Crippen molar-refractivity contribution in [3.8, 4) is 0 Å². The Morgan fingerprint density at radius 3 is 2.83 bits per heavy atom. The number of para-hydroxylation sites is 1. The van der Waals surface area contributed by atoms with Gasteiger partial charge in [-0.1, -0.05) is 43.0 Å². The molecule has 24 heavy (non-hydrogen) atoms. The summed E-state index contributed by atoms with van der Waals surface area (Å²) in [6, 6.07) is 13.6. The first kappa shape index (κ1) is 16.7. The summed E-state index contributed by atoms with van der Waals surface area (Å²) in [5.41, 5.74) is 0.801. The van der Waals surface area contributed by atoms with E-state index in [1.54, 1.807) is 11.3 Å². The molecule has 1 unspecified atom stereocenters. The fourth-order valence-corrected chi connectivity index (χ4v) is 3.74. The Balaban J connectivity index is 1.60. The van der Waals surface area contributed by atoms with Crippen molar-refractivity contribution in [1.29, 1.82) is 0 Å². The number of benzene rings is 1. The lowest BCUT2D eigenvalue weighted by Gasteiger charge is -2.12. The summed E-state index contributed by atoms with van der Waals surface area (Å²) in [4.78, 5) is 18.1. The van der Waals surface area contributed by atoms with Gasteiger partial charge in [-0.3, -0.25) is 9.89 Å². The lowest BCUT2D eigenvalue weighted by Crippen LogP contribution is -2.24. The van der Waals surface area contributed by atoms with Gasteiger partial charge in [0.05, 0.1) is 5.25 Å². The molecule has 0 aliphatic carbocycles. The van der Waals surface area contributed by atoms with Crippen LogP contribution in [0, 0.1) is 0 Å². The summed E-state index contributed by atoms with van der Waals surface area (Å²) in [5, 5.41) is 12.5. The SMILES string of the molecule is CCC(Sc1n[nH]c(Cc2cccs2)n1)C(=O)Nc1ccccc1. The number of nitrogens with zero attached hydrogens (tertiary/aromatic N) is 2. The summed E-state index contributed by atoms with van der Waals surface area (Å²) in [7, 11) is 0. The van der Waals surface area contributed by atoms with Crippen molar-refractivity contribution in [2.45, 2.75) is 30.2 Å². The Bertz CT molecular complexity index is 771. The van der Waals surface area contributed by atoms with Crippen molar-refractivity contribution >= 4 is 34.7 Å². The predicted molar refractivity (Wildman–Crippen MR) is 98.5 cm³/mol. The maximum absolute atomic E-state index is 12.4. The zero-order valence-electron chi connectivity index (χ0n) is 13.2. The molecule has 0 spiro atoms. The maximum atomic E-state index is 12.4.